The molecule has 0 aliphatic carbocycles. The van der Waals surface area contributed by atoms with Crippen molar-refractivity contribution >= 4 is 11.3 Å². The van der Waals surface area contributed by atoms with Crippen molar-refractivity contribution < 1.29 is 9.47 Å². The maximum Gasteiger partial charge on any atom is 0.160 e. The molecule has 1 heterocycles. The molecule has 0 radical (unpaired) electrons. The van der Waals surface area contributed by atoms with Crippen molar-refractivity contribution in [3.8, 4) is 11.5 Å². The quantitative estimate of drug-likeness (QED) is 0.852. The summed E-state index contributed by atoms with van der Waals surface area (Å²) in [7, 11) is 3.30. The molecule has 0 fully saturated rings. The molecule has 20 heavy (non-hydrogen) atoms. The van der Waals surface area contributed by atoms with E-state index in [1.807, 2.05) is 17.6 Å². The van der Waals surface area contributed by atoms with Crippen LogP contribution in [0.2, 0.25) is 0 Å². The van der Waals surface area contributed by atoms with Crippen LogP contribution in [0.4, 0.5) is 0 Å². The average Bonchev–Trinajstić information content (AvgIpc) is 3.01. The van der Waals surface area contributed by atoms with Gasteiger partial charge in [-0.2, -0.15) is 0 Å². The highest BCUT2D eigenvalue weighted by Crippen LogP contribution is 2.27. The first-order valence-corrected chi connectivity index (χ1v) is 7.51. The van der Waals surface area contributed by atoms with Gasteiger partial charge in [0.05, 0.1) is 25.4 Å². The standard InChI is InChI=1S/C15H20N2O2S/c1-11(13-9-20-10-17-13)16-7-6-12-4-5-14(18-2)15(8-12)19-3/h4-5,8-11,16H,6-7H2,1-3H3. The zero-order valence-corrected chi connectivity index (χ0v) is 12.9. The summed E-state index contributed by atoms with van der Waals surface area (Å²) in [4.78, 5) is 4.31. The van der Waals surface area contributed by atoms with E-state index in [1.54, 1.807) is 25.6 Å². The lowest BCUT2D eigenvalue weighted by atomic mass is 10.1. The van der Waals surface area contributed by atoms with Gasteiger partial charge in [0, 0.05) is 11.4 Å². The first kappa shape index (κ1) is 14.8. The molecule has 5 heteroatoms. The third-order valence-electron chi connectivity index (χ3n) is 3.21. The number of thiazole rings is 1. The summed E-state index contributed by atoms with van der Waals surface area (Å²) in [6.45, 7) is 3.03. The Bertz CT molecular complexity index is 529. The van der Waals surface area contributed by atoms with E-state index in [4.69, 9.17) is 9.47 Å². The summed E-state index contributed by atoms with van der Waals surface area (Å²) < 4.78 is 10.5. The van der Waals surface area contributed by atoms with Crippen molar-refractivity contribution in [1.82, 2.24) is 10.3 Å². The van der Waals surface area contributed by atoms with E-state index in [-0.39, 0.29) is 6.04 Å². The molecule has 4 nitrogen and oxygen atoms in total. The lowest BCUT2D eigenvalue weighted by Gasteiger charge is -2.12. The van der Waals surface area contributed by atoms with Crippen LogP contribution < -0.4 is 14.8 Å². The second-order valence-corrected chi connectivity index (χ2v) is 5.25. The molecule has 108 valence electrons. The number of nitrogens with one attached hydrogen (secondary N) is 1. The number of hydrogen-bond acceptors (Lipinski definition) is 5. The molecule has 1 unspecified atom stereocenters. The van der Waals surface area contributed by atoms with Crippen molar-refractivity contribution in [2.24, 2.45) is 0 Å². The van der Waals surface area contributed by atoms with E-state index >= 15 is 0 Å². The Labute approximate surface area is 123 Å². The van der Waals surface area contributed by atoms with Gasteiger partial charge in [0.15, 0.2) is 11.5 Å². The highest BCUT2D eigenvalue weighted by atomic mass is 32.1. The van der Waals surface area contributed by atoms with Crippen LogP contribution in [0.1, 0.15) is 24.2 Å². The molecule has 0 aliphatic rings. The van der Waals surface area contributed by atoms with E-state index in [1.165, 1.54) is 5.56 Å². The van der Waals surface area contributed by atoms with Crippen LogP contribution in [0, 0.1) is 0 Å². The van der Waals surface area contributed by atoms with Gasteiger partial charge in [-0.3, -0.25) is 0 Å². The minimum absolute atomic E-state index is 0.279. The number of benzene rings is 1. The van der Waals surface area contributed by atoms with Crippen LogP contribution in [-0.2, 0) is 6.42 Å². The van der Waals surface area contributed by atoms with Gasteiger partial charge in [0.25, 0.3) is 0 Å². The average molecular weight is 292 g/mol. The largest absolute Gasteiger partial charge is 0.493 e. The predicted molar refractivity (Wildman–Crippen MR) is 81.8 cm³/mol. The van der Waals surface area contributed by atoms with Crippen LogP contribution in [0.25, 0.3) is 0 Å². The van der Waals surface area contributed by atoms with Gasteiger partial charge in [-0.05, 0) is 37.6 Å². The van der Waals surface area contributed by atoms with Crippen molar-refractivity contribution in [3.05, 3.63) is 40.3 Å². The Kier molecular flexibility index (Phi) is 5.38. The summed E-state index contributed by atoms with van der Waals surface area (Å²) in [5.41, 5.74) is 4.19. The van der Waals surface area contributed by atoms with E-state index < -0.39 is 0 Å². The van der Waals surface area contributed by atoms with Crippen molar-refractivity contribution in [2.75, 3.05) is 20.8 Å². The lowest BCUT2D eigenvalue weighted by Crippen LogP contribution is -2.21. The zero-order valence-electron chi connectivity index (χ0n) is 12.1. The smallest absolute Gasteiger partial charge is 0.160 e. The second kappa shape index (κ2) is 7.26. The van der Waals surface area contributed by atoms with Gasteiger partial charge in [-0.25, -0.2) is 4.98 Å². The molecule has 0 amide bonds. The van der Waals surface area contributed by atoms with E-state index in [0.29, 0.717) is 0 Å². The Hall–Kier alpha value is -1.59. The molecule has 2 rings (SSSR count). The molecular weight excluding hydrogens is 272 g/mol. The summed E-state index contributed by atoms with van der Waals surface area (Å²) >= 11 is 1.63. The summed E-state index contributed by atoms with van der Waals surface area (Å²) in [5, 5.41) is 5.55. The third-order valence-corrected chi connectivity index (χ3v) is 3.81. The topological polar surface area (TPSA) is 43.4 Å². The van der Waals surface area contributed by atoms with E-state index in [2.05, 4.69) is 28.7 Å². The third kappa shape index (κ3) is 3.71. The lowest BCUT2D eigenvalue weighted by molar-refractivity contribution is 0.354. The molecule has 1 N–H and O–H groups in total. The molecule has 1 aromatic heterocycles. The van der Waals surface area contributed by atoms with Crippen molar-refractivity contribution in [1.29, 1.82) is 0 Å². The Morgan fingerprint density at radius 1 is 1.25 bits per heavy atom. The molecule has 0 spiro atoms. The minimum atomic E-state index is 0.279. The molecule has 1 atom stereocenters. The predicted octanol–water partition coefficient (Wildman–Crippen LogP) is 3.05. The minimum Gasteiger partial charge on any atom is -0.493 e. The normalized spacial score (nSPS) is 12.2. The molecule has 0 saturated heterocycles. The maximum atomic E-state index is 5.31. The maximum absolute atomic E-state index is 5.31. The SMILES string of the molecule is COc1ccc(CCNC(C)c2cscn2)cc1OC. The Morgan fingerprint density at radius 3 is 2.70 bits per heavy atom. The number of methoxy groups -OCH3 is 2. The summed E-state index contributed by atoms with van der Waals surface area (Å²) in [6.07, 6.45) is 0.939. The Morgan fingerprint density at radius 2 is 2.05 bits per heavy atom. The number of nitrogens with zero attached hydrogens (tertiary/aromatic N) is 1. The highest BCUT2D eigenvalue weighted by molar-refractivity contribution is 7.07. The van der Waals surface area contributed by atoms with Crippen molar-refractivity contribution in [3.63, 3.8) is 0 Å². The van der Waals surface area contributed by atoms with Crippen molar-refractivity contribution in [2.45, 2.75) is 19.4 Å². The number of rotatable bonds is 7. The molecule has 2 aromatic rings. The van der Waals surface area contributed by atoms with Gasteiger partial charge in [-0.1, -0.05) is 6.07 Å². The number of ether oxygens (including phenoxy) is 2. The number of hydrogen-bond donors (Lipinski definition) is 1. The van der Waals surface area contributed by atoms with Gasteiger partial charge in [0.2, 0.25) is 0 Å². The monoisotopic (exact) mass is 292 g/mol. The van der Waals surface area contributed by atoms with Gasteiger partial charge in [0.1, 0.15) is 0 Å². The van der Waals surface area contributed by atoms with Gasteiger partial charge in [-0.15, -0.1) is 11.3 Å². The van der Waals surface area contributed by atoms with E-state index in [9.17, 15) is 0 Å². The Balaban J connectivity index is 1.88. The fourth-order valence-electron chi connectivity index (χ4n) is 2.01. The van der Waals surface area contributed by atoms with Gasteiger partial charge < -0.3 is 14.8 Å². The molecule has 0 aliphatic heterocycles. The second-order valence-electron chi connectivity index (χ2n) is 4.53. The van der Waals surface area contributed by atoms with Crippen LogP contribution in [0.15, 0.2) is 29.1 Å². The molecular formula is C15H20N2O2S. The fraction of sp³-hybridized carbons (Fsp3) is 0.400. The van der Waals surface area contributed by atoms with Crippen LogP contribution in [0.5, 0.6) is 11.5 Å². The summed E-state index contributed by atoms with van der Waals surface area (Å²) in [5.74, 6) is 1.54. The van der Waals surface area contributed by atoms with Gasteiger partial charge >= 0.3 is 0 Å². The van der Waals surface area contributed by atoms with Crippen LogP contribution in [-0.4, -0.2) is 25.7 Å². The zero-order chi connectivity index (χ0) is 14.4. The van der Waals surface area contributed by atoms with E-state index in [0.717, 1.165) is 30.2 Å². The van der Waals surface area contributed by atoms with Crippen LogP contribution >= 0.6 is 11.3 Å². The van der Waals surface area contributed by atoms with Crippen LogP contribution in [0.3, 0.4) is 0 Å². The number of aromatic nitrogens is 1. The molecule has 0 saturated carbocycles. The highest BCUT2D eigenvalue weighted by Gasteiger charge is 2.07. The fourth-order valence-corrected chi connectivity index (χ4v) is 2.66. The molecule has 0 bridgehead atoms. The summed E-state index contributed by atoms with van der Waals surface area (Å²) in [6, 6.07) is 6.31. The first-order chi connectivity index (χ1) is 9.74. The first-order valence-electron chi connectivity index (χ1n) is 6.57. The molecule has 1 aromatic carbocycles.